The van der Waals surface area contributed by atoms with E-state index in [1.54, 1.807) is 0 Å². The van der Waals surface area contributed by atoms with Gasteiger partial charge >= 0.3 is 5.88 Å². The Labute approximate surface area is 122 Å². The Balaban J connectivity index is 2.19. The molecule has 0 saturated carbocycles. The van der Waals surface area contributed by atoms with Gasteiger partial charge in [0, 0.05) is 4.88 Å². The van der Waals surface area contributed by atoms with Gasteiger partial charge in [0.05, 0.1) is 11.5 Å². The van der Waals surface area contributed by atoms with Crippen molar-refractivity contribution in [3.05, 3.63) is 37.8 Å². The van der Waals surface area contributed by atoms with Crippen molar-refractivity contribution in [1.29, 1.82) is 0 Å². The Morgan fingerprint density at radius 3 is 2.75 bits per heavy atom. The molecule has 0 amide bonds. The highest BCUT2D eigenvalue weighted by Gasteiger charge is 2.18. The van der Waals surface area contributed by atoms with Crippen LogP contribution in [0.25, 0.3) is 21.8 Å². The van der Waals surface area contributed by atoms with E-state index in [4.69, 9.17) is 16.0 Å². The van der Waals surface area contributed by atoms with Crippen LogP contribution in [0.3, 0.4) is 0 Å². The minimum Gasteiger partial charge on any atom is -0.397 e. The van der Waals surface area contributed by atoms with Crippen molar-refractivity contribution >= 4 is 39.0 Å². The minimum atomic E-state index is -0.608. The summed E-state index contributed by atoms with van der Waals surface area (Å²) in [6, 6.07) is 2.73. The summed E-state index contributed by atoms with van der Waals surface area (Å²) in [6.07, 6.45) is 0. The van der Waals surface area contributed by atoms with Gasteiger partial charge in [-0.2, -0.15) is 0 Å². The molecule has 0 fully saturated rings. The maximum atomic E-state index is 10.6. The predicted octanol–water partition coefficient (Wildman–Crippen LogP) is 4.13. The molecule has 8 heteroatoms. The summed E-state index contributed by atoms with van der Waals surface area (Å²) >= 11 is 7.68. The van der Waals surface area contributed by atoms with Crippen LogP contribution in [-0.2, 0) is 0 Å². The monoisotopic (exact) mass is 309 g/mol. The normalized spacial score (nSPS) is 11.2. The van der Waals surface area contributed by atoms with Crippen molar-refractivity contribution < 1.29 is 9.34 Å². The van der Waals surface area contributed by atoms with Gasteiger partial charge in [-0.05, 0) is 25.5 Å². The first-order chi connectivity index (χ1) is 9.47. The average molecular weight is 310 g/mol. The number of hydrogen-bond acceptors (Lipinski definition) is 6. The Hall–Kier alpha value is -1.99. The van der Waals surface area contributed by atoms with E-state index >= 15 is 0 Å². The molecule has 0 atom stereocenters. The highest BCUT2D eigenvalue weighted by molar-refractivity contribution is 7.18. The summed E-state index contributed by atoms with van der Waals surface area (Å²) in [5.41, 5.74) is 1.05. The SMILES string of the molecule is Cc1sc2nc(-c3ccc([N+](=O)[O-])o3)nc(Cl)c2c1C. The number of halogens is 1. The Kier molecular flexibility index (Phi) is 2.95. The standard InChI is InChI=1S/C12H8ClN3O3S/c1-5-6(2)20-12-9(5)10(13)14-11(15-12)7-3-4-8(19-7)16(17)18/h3-4H,1-2H3. The van der Waals surface area contributed by atoms with Crippen molar-refractivity contribution in [3.8, 4) is 11.6 Å². The quantitative estimate of drug-likeness (QED) is 0.404. The van der Waals surface area contributed by atoms with Crippen molar-refractivity contribution in [2.75, 3.05) is 0 Å². The number of aromatic nitrogens is 2. The van der Waals surface area contributed by atoms with Gasteiger partial charge in [-0.1, -0.05) is 11.6 Å². The van der Waals surface area contributed by atoms with Crippen LogP contribution in [0.4, 0.5) is 5.88 Å². The molecule has 3 aromatic heterocycles. The third-order valence-electron chi connectivity index (χ3n) is 2.98. The van der Waals surface area contributed by atoms with E-state index in [0.29, 0.717) is 5.15 Å². The lowest BCUT2D eigenvalue weighted by Crippen LogP contribution is -1.89. The lowest BCUT2D eigenvalue weighted by Gasteiger charge is -1.99. The van der Waals surface area contributed by atoms with E-state index in [1.807, 2.05) is 13.8 Å². The summed E-state index contributed by atoms with van der Waals surface area (Å²) in [5.74, 6) is 0.124. The molecule has 0 saturated heterocycles. The molecular weight excluding hydrogens is 302 g/mol. The number of aryl methyl sites for hydroxylation is 2. The van der Waals surface area contributed by atoms with Gasteiger partial charge in [-0.3, -0.25) is 10.1 Å². The average Bonchev–Trinajstić information content (AvgIpc) is 2.96. The molecular formula is C12H8ClN3O3S. The third kappa shape index (κ3) is 1.95. The van der Waals surface area contributed by atoms with Gasteiger partial charge in [0.25, 0.3) is 0 Å². The fraction of sp³-hybridized carbons (Fsp3) is 0.167. The van der Waals surface area contributed by atoms with Crippen LogP contribution < -0.4 is 0 Å². The second-order valence-electron chi connectivity index (χ2n) is 4.20. The van der Waals surface area contributed by atoms with Crippen LogP contribution in [0.15, 0.2) is 16.5 Å². The number of thiophene rings is 1. The smallest absolute Gasteiger partial charge is 0.397 e. The first-order valence-electron chi connectivity index (χ1n) is 5.65. The summed E-state index contributed by atoms with van der Waals surface area (Å²) in [5, 5.41) is 11.8. The van der Waals surface area contributed by atoms with Crippen LogP contribution in [-0.4, -0.2) is 14.9 Å². The Bertz CT molecular complexity index is 840. The fourth-order valence-corrected chi connectivity index (χ4v) is 3.25. The van der Waals surface area contributed by atoms with Gasteiger partial charge in [0.2, 0.25) is 0 Å². The molecule has 0 aliphatic carbocycles. The molecule has 0 spiro atoms. The first kappa shape index (κ1) is 13.0. The zero-order valence-electron chi connectivity index (χ0n) is 10.5. The predicted molar refractivity (Wildman–Crippen MR) is 76.3 cm³/mol. The zero-order valence-corrected chi connectivity index (χ0v) is 12.1. The summed E-state index contributed by atoms with van der Waals surface area (Å²) in [7, 11) is 0. The van der Waals surface area contributed by atoms with Crippen molar-refractivity contribution in [1.82, 2.24) is 9.97 Å². The number of nitro groups is 1. The van der Waals surface area contributed by atoms with Gasteiger partial charge in [-0.15, -0.1) is 11.3 Å². The zero-order chi connectivity index (χ0) is 14.4. The number of furan rings is 1. The lowest BCUT2D eigenvalue weighted by molar-refractivity contribution is -0.401. The second kappa shape index (κ2) is 4.53. The fourth-order valence-electron chi connectivity index (χ4n) is 1.86. The molecule has 0 aliphatic rings. The third-order valence-corrected chi connectivity index (χ3v) is 4.35. The van der Waals surface area contributed by atoms with E-state index < -0.39 is 4.92 Å². The number of rotatable bonds is 2. The van der Waals surface area contributed by atoms with E-state index in [1.165, 1.54) is 23.5 Å². The van der Waals surface area contributed by atoms with Gasteiger partial charge < -0.3 is 4.42 Å². The van der Waals surface area contributed by atoms with Crippen molar-refractivity contribution in [3.63, 3.8) is 0 Å². The number of fused-ring (bicyclic) bond motifs is 1. The van der Waals surface area contributed by atoms with E-state index in [2.05, 4.69) is 9.97 Å². The summed E-state index contributed by atoms with van der Waals surface area (Å²) < 4.78 is 5.09. The molecule has 0 radical (unpaired) electrons. The second-order valence-corrected chi connectivity index (χ2v) is 5.76. The molecule has 3 rings (SSSR count). The Morgan fingerprint density at radius 1 is 1.35 bits per heavy atom. The van der Waals surface area contributed by atoms with E-state index in [9.17, 15) is 10.1 Å². The van der Waals surface area contributed by atoms with Crippen LogP contribution in [0.2, 0.25) is 5.15 Å². The molecule has 0 N–H and O–H groups in total. The lowest BCUT2D eigenvalue weighted by atomic mass is 10.2. The molecule has 6 nitrogen and oxygen atoms in total. The van der Waals surface area contributed by atoms with Gasteiger partial charge in [-0.25, -0.2) is 9.97 Å². The van der Waals surface area contributed by atoms with Crippen molar-refractivity contribution in [2.45, 2.75) is 13.8 Å². The largest absolute Gasteiger partial charge is 0.433 e. The van der Waals surface area contributed by atoms with Gasteiger partial charge in [0.1, 0.15) is 14.9 Å². The highest BCUT2D eigenvalue weighted by atomic mass is 35.5. The van der Waals surface area contributed by atoms with Crippen LogP contribution in [0, 0.1) is 24.0 Å². The van der Waals surface area contributed by atoms with Crippen LogP contribution >= 0.6 is 22.9 Å². The number of nitrogens with zero attached hydrogens (tertiary/aromatic N) is 3. The van der Waals surface area contributed by atoms with Gasteiger partial charge in [0.15, 0.2) is 11.6 Å². The molecule has 102 valence electrons. The minimum absolute atomic E-state index is 0.226. The molecule has 20 heavy (non-hydrogen) atoms. The molecule has 0 aromatic carbocycles. The molecule has 3 heterocycles. The Morgan fingerprint density at radius 2 is 2.10 bits per heavy atom. The van der Waals surface area contributed by atoms with E-state index in [-0.39, 0.29) is 17.5 Å². The first-order valence-corrected chi connectivity index (χ1v) is 6.84. The van der Waals surface area contributed by atoms with Crippen molar-refractivity contribution in [2.24, 2.45) is 0 Å². The molecule has 3 aromatic rings. The molecule has 0 unspecified atom stereocenters. The molecule has 0 aliphatic heterocycles. The highest BCUT2D eigenvalue weighted by Crippen LogP contribution is 2.35. The summed E-state index contributed by atoms with van der Waals surface area (Å²) in [4.78, 5) is 20.4. The summed E-state index contributed by atoms with van der Waals surface area (Å²) in [6.45, 7) is 3.94. The van der Waals surface area contributed by atoms with E-state index in [0.717, 1.165) is 20.7 Å². The molecule has 0 bridgehead atoms. The maximum absolute atomic E-state index is 10.6. The number of hydrogen-bond donors (Lipinski definition) is 0. The van der Waals surface area contributed by atoms with Crippen LogP contribution in [0.5, 0.6) is 0 Å². The topological polar surface area (TPSA) is 82.1 Å². The maximum Gasteiger partial charge on any atom is 0.433 e. The van der Waals surface area contributed by atoms with Crippen LogP contribution in [0.1, 0.15) is 10.4 Å².